The van der Waals surface area contributed by atoms with Crippen molar-refractivity contribution in [2.75, 3.05) is 16.8 Å². The highest BCUT2D eigenvalue weighted by molar-refractivity contribution is 14.1. The molecule has 6 heteroatoms. The summed E-state index contributed by atoms with van der Waals surface area (Å²) in [4.78, 5) is 26.3. The molecule has 0 radical (unpaired) electrons. The van der Waals surface area contributed by atoms with Gasteiger partial charge in [0.25, 0.3) is 0 Å². The largest absolute Gasteiger partial charge is 0.326 e. The van der Waals surface area contributed by atoms with E-state index in [1.807, 2.05) is 48.5 Å². The van der Waals surface area contributed by atoms with Crippen molar-refractivity contribution in [2.24, 2.45) is 5.92 Å². The molecule has 118 valence electrons. The van der Waals surface area contributed by atoms with Gasteiger partial charge in [0, 0.05) is 32.4 Å². The lowest BCUT2D eigenvalue weighted by Crippen LogP contribution is -2.28. The number of hydrogen-bond donors (Lipinski definition) is 1. The average Bonchev–Trinajstić information content (AvgIpc) is 2.92. The summed E-state index contributed by atoms with van der Waals surface area (Å²) >= 11 is 5.59. The minimum absolute atomic E-state index is 0.0184. The fourth-order valence-corrected chi connectivity index (χ4v) is 3.16. The van der Waals surface area contributed by atoms with Gasteiger partial charge < -0.3 is 10.2 Å². The molecule has 23 heavy (non-hydrogen) atoms. The van der Waals surface area contributed by atoms with Gasteiger partial charge in [-0.2, -0.15) is 0 Å². The topological polar surface area (TPSA) is 49.4 Å². The van der Waals surface area contributed by atoms with E-state index in [2.05, 4.69) is 43.8 Å². The number of halogens is 2. The lowest BCUT2D eigenvalue weighted by molar-refractivity contribution is -0.122. The first kappa shape index (κ1) is 16.4. The fraction of sp³-hybridized carbons (Fsp3) is 0.176. The van der Waals surface area contributed by atoms with Crippen molar-refractivity contribution in [3.8, 4) is 0 Å². The highest BCUT2D eigenvalue weighted by Crippen LogP contribution is 2.27. The molecule has 1 aliphatic heterocycles. The summed E-state index contributed by atoms with van der Waals surface area (Å²) in [5.74, 6) is -0.459. The van der Waals surface area contributed by atoms with Gasteiger partial charge in [-0.25, -0.2) is 0 Å². The summed E-state index contributed by atoms with van der Waals surface area (Å²) in [5.41, 5.74) is 1.58. The number of carbonyl (C=O) groups excluding carboxylic acids is 2. The minimum atomic E-state index is -0.328. The Morgan fingerprint density at radius 2 is 1.78 bits per heavy atom. The maximum absolute atomic E-state index is 12.4. The number of hydrogen-bond acceptors (Lipinski definition) is 2. The molecule has 1 atom stereocenters. The van der Waals surface area contributed by atoms with Crippen molar-refractivity contribution < 1.29 is 9.59 Å². The van der Waals surface area contributed by atoms with Gasteiger partial charge in [-0.05, 0) is 71.1 Å². The zero-order valence-electron chi connectivity index (χ0n) is 12.1. The van der Waals surface area contributed by atoms with Crippen LogP contribution in [0.15, 0.2) is 53.0 Å². The standard InChI is InChI=1S/C17H14BrIN2O2/c18-12-1-7-15(8-2-12)21-10-11(9-16(21)22)17(23)20-14-5-3-13(19)4-6-14/h1-8,11H,9-10H2,(H,20,23)/t11-/m0/s1. The molecule has 0 bridgehead atoms. The second-order valence-corrected chi connectivity index (χ2v) is 7.54. The summed E-state index contributed by atoms with van der Waals surface area (Å²) in [7, 11) is 0. The van der Waals surface area contributed by atoms with Crippen LogP contribution in [0.5, 0.6) is 0 Å². The third kappa shape index (κ3) is 3.92. The normalized spacial score (nSPS) is 17.4. The molecule has 0 aliphatic carbocycles. The maximum Gasteiger partial charge on any atom is 0.229 e. The number of nitrogens with zero attached hydrogens (tertiary/aromatic N) is 1. The second kappa shape index (κ2) is 7.00. The molecule has 1 heterocycles. The lowest BCUT2D eigenvalue weighted by Gasteiger charge is -2.16. The van der Waals surface area contributed by atoms with Gasteiger partial charge in [-0.3, -0.25) is 9.59 Å². The molecular weight excluding hydrogens is 471 g/mol. The molecule has 1 fully saturated rings. The second-order valence-electron chi connectivity index (χ2n) is 5.38. The monoisotopic (exact) mass is 484 g/mol. The van der Waals surface area contributed by atoms with E-state index in [0.29, 0.717) is 6.54 Å². The van der Waals surface area contributed by atoms with Crippen molar-refractivity contribution in [3.63, 3.8) is 0 Å². The Bertz CT molecular complexity index is 731. The smallest absolute Gasteiger partial charge is 0.229 e. The molecule has 0 saturated carbocycles. The van der Waals surface area contributed by atoms with E-state index < -0.39 is 0 Å². The van der Waals surface area contributed by atoms with Crippen LogP contribution in [-0.4, -0.2) is 18.4 Å². The van der Waals surface area contributed by atoms with Crippen LogP contribution in [0, 0.1) is 9.49 Å². The number of carbonyl (C=O) groups is 2. The Morgan fingerprint density at radius 1 is 1.13 bits per heavy atom. The van der Waals surface area contributed by atoms with Gasteiger partial charge in [0.05, 0.1) is 5.92 Å². The number of nitrogens with one attached hydrogen (secondary N) is 1. The van der Waals surface area contributed by atoms with Gasteiger partial charge >= 0.3 is 0 Å². The van der Waals surface area contributed by atoms with Gasteiger partial charge in [0.2, 0.25) is 11.8 Å². The molecule has 1 aliphatic rings. The van der Waals surface area contributed by atoms with E-state index in [9.17, 15) is 9.59 Å². The summed E-state index contributed by atoms with van der Waals surface area (Å²) in [6.45, 7) is 0.413. The van der Waals surface area contributed by atoms with Crippen LogP contribution in [0.1, 0.15) is 6.42 Å². The Labute approximate surface area is 156 Å². The molecule has 1 saturated heterocycles. The average molecular weight is 485 g/mol. The Kier molecular flexibility index (Phi) is 5.01. The molecule has 2 amide bonds. The summed E-state index contributed by atoms with van der Waals surface area (Å²) in [6.07, 6.45) is 0.242. The molecular formula is C17H14BrIN2O2. The van der Waals surface area contributed by atoms with Crippen molar-refractivity contribution in [2.45, 2.75) is 6.42 Å². The van der Waals surface area contributed by atoms with Gasteiger partial charge in [-0.1, -0.05) is 15.9 Å². The van der Waals surface area contributed by atoms with E-state index in [4.69, 9.17) is 0 Å². The van der Waals surface area contributed by atoms with E-state index in [1.165, 1.54) is 0 Å². The van der Waals surface area contributed by atoms with Crippen LogP contribution in [0.2, 0.25) is 0 Å². The van der Waals surface area contributed by atoms with Crippen LogP contribution >= 0.6 is 38.5 Å². The summed E-state index contributed by atoms with van der Waals surface area (Å²) in [5, 5.41) is 2.88. The molecule has 3 rings (SSSR count). The van der Waals surface area contributed by atoms with E-state index in [-0.39, 0.29) is 24.2 Å². The predicted molar refractivity (Wildman–Crippen MR) is 102 cm³/mol. The highest BCUT2D eigenvalue weighted by atomic mass is 127. The van der Waals surface area contributed by atoms with Gasteiger partial charge in [0.1, 0.15) is 0 Å². The van der Waals surface area contributed by atoms with Gasteiger partial charge in [0.15, 0.2) is 0 Å². The van der Waals surface area contributed by atoms with Crippen LogP contribution in [0.4, 0.5) is 11.4 Å². The van der Waals surface area contributed by atoms with Gasteiger partial charge in [-0.15, -0.1) is 0 Å². The third-order valence-electron chi connectivity index (χ3n) is 3.75. The zero-order chi connectivity index (χ0) is 16.4. The van der Waals surface area contributed by atoms with E-state index in [0.717, 1.165) is 19.4 Å². The number of benzene rings is 2. The third-order valence-corrected chi connectivity index (χ3v) is 4.99. The van der Waals surface area contributed by atoms with Crippen molar-refractivity contribution in [1.29, 1.82) is 0 Å². The minimum Gasteiger partial charge on any atom is -0.326 e. The van der Waals surface area contributed by atoms with Crippen molar-refractivity contribution in [3.05, 3.63) is 56.6 Å². The highest BCUT2D eigenvalue weighted by Gasteiger charge is 2.35. The van der Waals surface area contributed by atoms with Crippen molar-refractivity contribution in [1.82, 2.24) is 0 Å². The number of anilines is 2. The quantitative estimate of drug-likeness (QED) is 0.668. The fourth-order valence-electron chi connectivity index (χ4n) is 2.53. The Morgan fingerprint density at radius 3 is 2.43 bits per heavy atom. The summed E-state index contributed by atoms with van der Waals surface area (Å²) < 4.78 is 2.07. The molecule has 1 N–H and O–H groups in total. The van der Waals surface area contributed by atoms with Crippen LogP contribution < -0.4 is 10.2 Å². The molecule has 0 unspecified atom stereocenters. The Balaban J connectivity index is 1.68. The first-order chi connectivity index (χ1) is 11.0. The van der Waals surface area contributed by atoms with Crippen molar-refractivity contribution >= 4 is 61.7 Å². The molecule has 4 nitrogen and oxygen atoms in total. The Hall–Kier alpha value is -1.41. The number of rotatable bonds is 3. The van der Waals surface area contributed by atoms with Crippen LogP contribution in [0.25, 0.3) is 0 Å². The van der Waals surface area contributed by atoms with Crippen LogP contribution in [0.3, 0.4) is 0 Å². The molecule has 2 aromatic rings. The molecule has 2 aromatic carbocycles. The first-order valence-electron chi connectivity index (χ1n) is 7.15. The lowest BCUT2D eigenvalue weighted by atomic mass is 10.1. The first-order valence-corrected chi connectivity index (χ1v) is 9.02. The molecule has 0 spiro atoms. The van der Waals surface area contributed by atoms with E-state index in [1.54, 1.807) is 4.90 Å². The predicted octanol–water partition coefficient (Wildman–Crippen LogP) is 4.05. The van der Waals surface area contributed by atoms with Crippen LogP contribution in [-0.2, 0) is 9.59 Å². The molecule has 0 aromatic heterocycles. The maximum atomic E-state index is 12.4. The SMILES string of the molecule is O=C(Nc1ccc(I)cc1)[C@H]1CC(=O)N(c2ccc(Br)cc2)C1. The zero-order valence-corrected chi connectivity index (χ0v) is 15.9. The van der Waals surface area contributed by atoms with E-state index >= 15 is 0 Å². The summed E-state index contributed by atoms with van der Waals surface area (Å²) in [6, 6.07) is 15.1. The number of amides is 2.